The van der Waals surface area contributed by atoms with Gasteiger partial charge in [0.2, 0.25) is 5.91 Å². The normalized spacial score (nSPS) is 10.5. The van der Waals surface area contributed by atoms with Crippen molar-refractivity contribution in [2.75, 3.05) is 12.4 Å². The predicted molar refractivity (Wildman–Crippen MR) is 85.0 cm³/mol. The predicted octanol–water partition coefficient (Wildman–Crippen LogP) is 3.20. The van der Waals surface area contributed by atoms with Crippen LogP contribution in [0.15, 0.2) is 46.9 Å². The highest BCUT2D eigenvalue weighted by Crippen LogP contribution is 2.23. The summed E-state index contributed by atoms with van der Waals surface area (Å²) < 4.78 is 36.9. The van der Waals surface area contributed by atoms with Crippen LogP contribution < -0.4 is 10.1 Å². The van der Waals surface area contributed by atoms with E-state index in [1.807, 2.05) is 0 Å². The summed E-state index contributed by atoms with van der Waals surface area (Å²) in [5, 5.41) is 9.72. The number of nitrogens with zero attached hydrogens (tertiary/aromatic N) is 2. The fraction of sp³-hybridized carbons (Fsp3) is 0.118. The minimum Gasteiger partial charge on any atom is -0.497 e. The molecule has 0 aliphatic heterocycles. The van der Waals surface area contributed by atoms with Crippen LogP contribution in [0.1, 0.15) is 5.56 Å². The molecule has 0 fully saturated rings. The van der Waals surface area contributed by atoms with Crippen LogP contribution in [-0.4, -0.2) is 23.2 Å². The van der Waals surface area contributed by atoms with E-state index in [2.05, 4.69) is 15.5 Å². The minimum absolute atomic E-state index is 0.0513. The van der Waals surface area contributed by atoms with E-state index in [0.717, 1.165) is 11.6 Å². The molecule has 0 spiro atoms. The lowest BCUT2D eigenvalue weighted by atomic mass is 10.1. The summed E-state index contributed by atoms with van der Waals surface area (Å²) in [6.45, 7) is 0. The van der Waals surface area contributed by atoms with Crippen LogP contribution in [-0.2, 0) is 11.2 Å². The molecular formula is C17H13F2N3O3. The van der Waals surface area contributed by atoms with Gasteiger partial charge in [-0.1, -0.05) is 17.2 Å². The van der Waals surface area contributed by atoms with Crippen molar-refractivity contribution in [3.63, 3.8) is 0 Å². The highest BCUT2D eigenvalue weighted by atomic mass is 19.1. The summed E-state index contributed by atoms with van der Waals surface area (Å²) in [6, 6.07) is 9.79. The molecule has 8 heteroatoms. The zero-order chi connectivity index (χ0) is 17.8. The van der Waals surface area contributed by atoms with Gasteiger partial charge in [-0.15, -0.1) is 5.10 Å². The van der Waals surface area contributed by atoms with E-state index in [1.165, 1.54) is 6.07 Å². The average Bonchev–Trinajstić information content (AvgIpc) is 3.03. The number of halogens is 2. The Balaban J connectivity index is 1.67. The molecular weight excluding hydrogens is 332 g/mol. The number of rotatable bonds is 5. The Kier molecular flexibility index (Phi) is 4.69. The van der Waals surface area contributed by atoms with Gasteiger partial charge in [0.05, 0.1) is 19.1 Å². The SMILES string of the molecule is COc1ccc(CC(=O)Nc2nnc(-c3ccc(F)cc3F)o2)cc1. The molecule has 0 bridgehead atoms. The van der Waals surface area contributed by atoms with Crippen LogP contribution >= 0.6 is 0 Å². The summed E-state index contributed by atoms with van der Waals surface area (Å²) in [4.78, 5) is 12.0. The lowest BCUT2D eigenvalue weighted by Gasteiger charge is -2.03. The van der Waals surface area contributed by atoms with Gasteiger partial charge in [-0.2, -0.15) is 0 Å². The molecule has 1 heterocycles. The highest BCUT2D eigenvalue weighted by molar-refractivity contribution is 5.90. The molecule has 1 aromatic heterocycles. The molecule has 1 N–H and O–H groups in total. The highest BCUT2D eigenvalue weighted by Gasteiger charge is 2.15. The number of hydrogen-bond donors (Lipinski definition) is 1. The topological polar surface area (TPSA) is 77.2 Å². The standard InChI is InChI=1S/C17H13F2N3O3/c1-24-12-5-2-10(3-6-12)8-15(23)20-17-22-21-16(25-17)13-7-4-11(18)9-14(13)19/h2-7,9H,8H2,1H3,(H,20,22,23). The van der Waals surface area contributed by atoms with Crippen LogP contribution in [0, 0.1) is 11.6 Å². The summed E-state index contributed by atoms with van der Waals surface area (Å²) in [5.74, 6) is -1.39. The third kappa shape index (κ3) is 3.97. The minimum atomic E-state index is -0.834. The van der Waals surface area contributed by atoms with E-state index in [4.69, 9.17) is 9.15 Å². The number of aromatic nitrogens is 2. The fourth-order valence-electron chi connectivity index (χ4n) is 2.14. The molecule has 0 aliphatic rings. The number of anilines is 1. The van der Waals surface area contributed by atoms with Crippen molar-refractivity contribution in [3.05, 3.63) is 59.7 Å². The van der Waals surface area contributed by atoms with Crippen molar-refractivity contribution in [2.45, 2.75) is 6.42 Å². The molecule has 6 nitrogen and oxygen atoms in total. The summed E-state index contributed by atoms with van der Waals surface area (Å²) in [6.07, 6.45) is 0.0899. The molecule has 0 atom stereocenters. The molecule has 2 aromatic carbocycles. The first-order chi connectivity index (χ1) is 12.0. The quantitative estimate of drug-likeness (QED) is 0.768. The first kappa shape index (κ1) is 16.6. The number of nitrogens with one attached hydrogen (secondary N) is 1. The number of carbonyl (C=O) groups excluding carboxylic acids is 1. The summed E-state index contributed by atoms with van der Waals surface area (Å²) in [7, 11) is 1.55. The van der Waals surface area contributed by atoms with E-state index in [1.54, 1.807) is 31.4 Å². The van der Waals surface area contributed by atoms with E-state index in [-0.39, 0.29) is 29.8 Å². The zero-order valence-electron chi connectivity index (χ0n) is 13.1. The molecule has 128 valence electrons. The van der Waals surface area contributed by atoms with Gasteiger partial charge in [-0.25, -0.2) is 8.78 Å². The Morgan fingerprint density at radius 2 is 1.92 bits per heavy atom. The monoisotopic (exact) mass is 345 g/mol. The smallest absolute Gasteiger partial charge is 0.322 e. The largest absolute Gasteiger partial charge is 0.497 e. The van der Waals surface area contributed by atoms with Crippen molar-refractivity contribution < 1.29 is 22.7 Å². The Bertz CT molecular complexity index is 894. The van der Waals surface area contributed by atoms with E-state index in [9.17, 15) is 13.6 Å². The summed E-state index contributed by atoms with van der Waals surface area (Å²) in [5.41, 5.74) is 0.715. The molecule has 1 amide bonds. The number of benzene rings is 2. The fourth-order valence-corrected chi connectivity index (χ4v) is 2.14. The van der Waals surface area contributed by atoms with Crippen molar-refractivity contribution in [2.24, 2.45) is 0 Å². The number of amides is 1. The van der Waals surface area contributed by atoms with Gasteiger partial charge < -0.3 is 9.15 Å². The number of ether oxygens (including phenoxy) is 1. The molecule has 0 saturated carbocycles. The Morgan fingerprint density at radius 1 is 1.16 bits per heavy atom. The van der Waals surface area contributed by atoms with Gasteiger partial charge in [0.15, 0.2) is 0 Å². The Labute approximate surface area is 141 Å². The molecule has 3 rings (SSSR count). The molecule has 3 aromatic rings. The van der Waals surface area contributed by atoms with Crippen LogP contribution in [0.5, 0.6) is 5.75 Å². The van der Waals surface area contributed by atoms with Gasteiger partial charge >= 0.3 is 6.01 Å². The first-order valence-electron chi connectivity index (χ1n) is 7.27. The number of carbonyl (C=O) groups is 1. The lowest BCUT2D eigenvalue weighted by Crippen LogP contribution is -2.14. The van der Waals surface area contributed by atoms with Gasteiger partial charge in [0.1, 0.15) is 17.4 Å². The molecule has 0 aliphatic carbocycles. The van der Waals surface area contributed by atoms with Crippen molar-refractivity contribution >= 4 is 11.9 Å². The maximum Gasteiger partial charge on any atom is 0.322 e. The van der Waals surface area contributed by atoms with Crippen molar-refractivity contribution in [1.29, 1.82) is 0 Å². The molecule has 25 heavy (non-hydrogen) atoms. The number of hydrogen-bond acceptors (Lipinski definition) is 5. The van der Waals surface area contributed by atoms with E-state index < -0.39 is 11.6 Å². The van der Waals surface area contributed by atoms with Gasteiger partial charge in [-0.3, -0.25) is 10.1 Å². The second-order valence-electron chi connectivity index (χ2n) is 5.11. The molecule has 0 saturated heterocycles. The number of methoxy groups -OCH3 is 1. The van der Waals surface area contributed by atoms with Gasteiger partial charge in [-0.05, 0) is 29.8 Å². The van der Waals surface area contributed by atoms with Crippen LogP contribution in [0.2, 0.25) is 0 Å². The maximum absolute atomic E-state index is 13.7. The second kappa shape index (κ2) is 7.08. The Hall–Kier alpha value is -3.29. The lowest BCUT2D eigenvalue weighted by molar-refractivity contribution is -0.115. The van der Waals surface area contributed by atoms with E-state index in [0.29, 0.717) is 11.8 Å². The second-order valence-corrected chi connectivity index (χ2v) is 5.11. The Morgan fingerprint density at radius 3 is 2.60 bits per heavy atom. The van der Waals surface area contributed by atoms with Gasteiger partial charge in [0, 0.05) is 6.07 Å². The first-order valence-corrected chi connectivity index (χ1v) is 7.27. The maximum atomic E-state index is 13.7. The molecule has 0 radical (unpaired) electrons. The van der Waals surface area contributed by atoms with Crippen molar-refractivity contribution in [3.8, 4) is 17.2 Å². The van der Waals surface area contributed by atoms with Crippen LogP contribution in [0.4, 0.5) is 14.8 Å². The van der Waals surface area contributed by atoms with Crippen molar-refractivity contribution in [1.82, 2.24) is 10.2 Å². The zero-order valence-corrected chi connectivity index (χ0v) is 13.1. The summed E-state index contributed by atoms with van der Waals surface area (Å²) >= 11 is 0. The van der Waals surface area contributed by atoms with E-state index >= 15 is 0 Å². The van der Waals surface area contributed by atoms with Crippen LogP contribution in [0.3, 0.4) is 0 Å². The van der Waals surface area contributed by atoms with Gasteiger partial charge in [0.25, 0.3) is 5.89 Å². The third-order valence-corrected chi connectivity index (χ3v) is 3.36. The molecule has 0 unspecified atom stereocenters. The van der Waals surface area contributed by atoms with Crippen LogP contribution in [0.25, 0.3) is 11.5 Å². The average molecular weight is 345 g/mol. The third-order valence-electron chi connectivity index (χ3n) is 3.36.